The first-order chi connectivity index (χ1) is 29.7. The average Bonchev–Trinajstić information content (AvgIpc) is 4.09. The van der Waals surface area contributed by atoms with Crippen LogP contribution >= 0.6 is 22.7 Å². The van der Waals surface area contributed by atoms with Crippen molar-refractivity contribution in [2.75, 3.05) is 0 Å². The summed E-state index contributed by atoms with van der Waals surface area (Å²) >= 11 is 3.51. The lowest BCUT2D eigenvalue weighted by Gasteiger charge is -2.14. The molecule has 0 atom stereocenters. The second-order valence-corrected chi connectivity index (χ2v) is 17.1. The van der Waals surface area contributed by atoms with Crippen LogP contribution in [0.3, 0.4) is 0 Å². The number of para-hydroxylation sites is 3. The van der Waals surface area contributed by atoms with E-state index in [1.54, 1.807) is 22.7 Å². The highest BCUT2D eigenvalue weighted by molar-refractivity contribution is 7.26. The van der Waals surface area contributed by atoms with Crippen LogP contribution in [0.15, 0.2) is 182 Å². The Hall–Kier alpha value is -7.52. The zero-order valence-electron chi connectivity index (χ0n) is 31.8. The standard InChI is InChI=1S/C52H30N6S2/c1-2-14-31(15-3-1)49-54-50(40-22-13-21-39-36-20-6-10-26-44(36)59-48(39)40)56-52(55-49)58-43-25-9-5-19-35(43)38-29-28-37-34-18-4-8-24-42(34)57(46(37)47(38)58)33-17-12-16-32(30-33)51-53-41-23-7-11-27-45(41)60-51/h1-30H. The van der Waals surface area contributed by atoms with Crippen molar-refractivity contribution in [3.63, 3.8) is 0 Å². The van der Waals surface area contributed by atoms with Gasteiger partial charge >= 0.3 is 0 Å². The van der Waals surface area contributed by atoms with E-state index in [1.807, 2.05) is 24.3 Å². The Morgan fingerprint density at radius 1 is 0.383 bits per heavy atom. The van der Waals surface area contributed by atoms with E-state index in [1.165, 1.54) is 25.6 Å². The zero-order chi connectivity index (χ0) is 39.3. The van der Waals surface area contributed by atoms with E-state index < -0.39 is 0 Å². The third kappa shape index (κ3) is 4.98. The van der Waals surface area contributed by atoms with Gasteiger partial charge in [-0.3, -0.25) is 4.57 Å². The summed E-state index contributed by atoms with van der Waals surface area (Å²) in [5, 5.41) is 8.02. The molecule has 8 aromatic carbocycles. The average molecular weight is 803 g/mol. The minimum Gasteiger partial charge on any atom is -0.307 e. The Bertz CT molecular complexity index is 3820. The molecule has 0 amide bonds. The van der Waals surface area contributed by atoms with Crippen LogP contribution in [0.1, 0.15) is 0 Å². The van der Waals surface area contributed by atoms with Gasteiger partial charge in [-0.05, 0) is 48.5 Å². The maximum atomic E-state index is 5.46. The van der Waals surface area contributed by atoms with Gasteiger partial charge in [-0.1, -0.05) is 133 Å². The van der Waals surface area contributed by atoms with Gasteiger partial charge in [0.05, 0.1) is 32.3 Å². The lowest BCUT2D eigenvalue weighted by atomic mass is 10.1. The summed E-state index contributed by atoms with van der Waals surface area (Å²) < 4.78 is 8.26. The number of aromatic nitrogens is 6. The Balaban J connectivity index is 1.14. The van der Waals surface area contributed by atoms with Crippen molar-refractivity contribution in [1.29, 1.82) is 0 Å². The monoisotopic (exact) mass is 802 g/mol. The SMILES string of the molecule is c1ccc(-c2nc(-c3cccc4c3sc3ccccc34)nc(-n3c4ccccc4c4ccc5c6ccccc6n(-c6cccc(-c7nc8ccccc8s7)c6)c5c43)n2)cc1. The van der Waals surface area contributed by atoms with Gasteiger partial charge in [-0.25, -0.2) is 9.97 Å². The van der Waals surface area contributed by atoms with Crippen molar-refractivity contribution < 1.29 is 0 Å². The van der Waals surface area contributed by atoms with E-state index in [0.29, 0.717) is 17.6 Å². The van der Waals surface area contributed by atoms with E-state index in [2.05, 4.69) is 167 Å². The summed E-state index contributed by atoms with van der Waals surface area (Å²) in [7, 11) is 0. The van der Waals surface area contributed by atoms with Gasteiger partial charge in [0.1, 0.15) is 5.01 Å². The number of thiophene rings is 1. The lowest BCUT2D eigenvalue weighted by Crippen LogP contribution is -2.07. The Morgan fingerprint density at radius 3 is 1.80 bits per heavy atom. The molecule has 0 radical (unpaired) electrons. The number of thiazole rings is 1. The predicted molar refractivity (Wildman–Crippen MR) is 251 cm³/mol. The maximum absolute atomic E-state index is 5.46. The van der Waals surface area contributed by atoms with Crippen LogP contribution in [0, 0.1) is 0 Å². The minimum absolute atomic E-state index is 0.565. The summed E-state index contributed by atoms with van der Waals surface area (Å²) in [5.74, 6) is 1.82. The summed E-state index contributed by atoms with van der Waals surface area (Å²) in [5.41, 5.74) is 9.33. The summed E-state index contributed by atoms with van der Waals surface area (Å²) in [6.07, 6.45) is 0. The van der Waals surface area contributed by atoms with Gasteiger partial charge in [0.25, 0.3) is 0 Å². The number of hydrogen-bond donors (Lipinski definition) is 0. The molecule has 5 aromatic heterocycles. The van der Waals surface area contributed by atoms with Crippen LogP contribution in [0.4, 0.5) is 0 Å². The van der Waals surface area contributed by atoms with Gasteiger partial charge in [0, 0.05) is 64.1 Å². The highest BCUT2D eigenvalue weighted by atomic mass is 32.1. The highest BCUT2D eigenvalue weighted by Crippen LogP contribution is 2.43. The molecular weight excluding hydrogens is 773 g/mol. The van der Waals surface area contributed by atoms with Gasteiger partial charge in [-0.15, -0.1) is 22.7 Å². The summed E-state index contributed by atoms with van der Waals surface area (Å²) in [6, 6.07) is 64.3. The molecule has 0 N–H and O–H groups in total. The molecule has 0 saturated heterocycles. The molecule has 8 heteroatoms. The summed E-state index contributed by atoms with van der Waals surface area (Å²) in [4.78, 5) is 21.1. The van der Waals surface area contributed by atoms with Gasteiger partial charge in [0.15, 0.2) is 11.6 Å². The number of fused-ring (bicyclic) bond motifs is 11. The van der Waals surface area contributed by atoms with Crippen molar-refractivity contribution in [2.24, 2.45) is 0 Å². The number of hydrogen-bond acceptors (Lipinski definition) is 6. The van der Waals surface area contributed by atoms with Crippen molar-refractivity contribution in [3.8, 4) is 45.0 Å². The second-order valence-electron chi connectivity index (χ2n) is 15.0. The number of nitrogens with zero attached hydrogens (tertiary/aromatic N) is 6. The first-order valence-electron chi connectivity index (χ1n) is 19.9. The summed E-state index contributed by atoms with van der Waals surface area (Å²) in [6.45, 7) is 0. The van der Waals surface area contributed by atoms with Gasteiger partial charge < -0.3 is 4.57 Å². The first kappa shape index (κ1) is 33.5. The molecule has 280 valence electrons. The molecule has 0 aliphatic heterocycles. The third-order valence-electron chi connectivity index (χ3n) is 11.6. The van der Waals surface area contributed by atoms with Crippen LogP contribution in [0.5, 0.6) is 0 Å². The number of rotatable bonds is 5. The van der Waals surface area contributed by atoms with Crippen molar-refractivity contribution in [1.82, 2.24) is 29.1 Å². The van der Waals surface area contributed by atoms with E-state index in [9.17, 15) is 0 Å². The third-order valence-corrected chi connectivity index (χ3v) is 13.9. The van der Waals surface area contributed by atoms with E-state index in [0.717, 1.165) is 75.8 Å². The Labute approximate surface area is 350 Å². The quantitative estimate of drug-likeness (QED) is 0.174. The van der Waals surface area contributed by atoms with Crippen molar-refractivity contribution in [3.05, 3.63) is 182 Å². The van der Waals surface area contributed by atoms with E-state index in [-0.39, 0.29) is 0 Å². The molecule has 0 unspecified atom stereocenters. The van der Waals surface area contributed by atoms with Crippen LogP contribution < -0.4 is 0 Å². The van der Waals surface area contributed by atoms with Crippen molar-refractivity contribution in [2.45, 2.75) is 0 Å². The molecule has 0 spiro atoms. The lowest BCUT2D eigenvalue weighted by molar-refractivity contribution is 0.954. The maximum Gasteiger partial charge on any atom is 0.238 e. The topological polar surface area (TPSA) is 61.4 Å². The minimum atomic E-state index is 0.565. The smallest absolute Gasteiger partial charge is 0.238 e. The number of benzene rings is 8. The Morgan fingerprint density at radius 2 is 1.00 bits per heavy atom. The normalized spacial score (nSPS) is 12.0. The van der Waals surface area contributed by atoms with Crippen LogP contribution in [0.2, 0.25) is 0 Å². The van der Waals surface area contributed by atoms with E-state index >= 15 is 0 Å². The van der Waals surface area contributed by atoms with Gasteiger partial charge in [-0.2, -0.15) is 9.97 Å². The fraction of sp³-hybridized carbons (Fsp3) is 0. The molecule has 0 fully saturated rings. The molecule has 6 nitrogen and oxygen atoms in total. The molecular formula is C52H30N6S2. The fourth-order valence-electron chi connectivity index (χ4n) is 8.98. The molecule has 0 saturated carbocycles. The molecule has 13 aromatic rings. The predicted octanol–water partition coefficient (Wildman–Crippen LogP) is 14.0. The zero-order valence-corrected chi connectivity index (χ0v) is 33.5. The first-order valence-corrected chi connectivity index (χ1v) is 21.5. The molecule has 0 aliphatic rings. The Kier molecular flexibility index (Phi) is 7.24. The molecule has 60 heavy (non-hydrogen) atoms. The molecule has 0 aliphatic carbocycles. The molecule has 13 rings (SSSR count). The largest absolute Gasteiger partial charge is 0.307 e. The fourth-order valence-corrected chi connectivity index (χ4v) is 11.1. The van der Waals surface area contributed by atoms with E-state index in [4.69, 9.17) is 19.9 Å². The van der Waals surface area contributed by atoms with Crippen molar-refractivity contribution >= 4 is 96.7 Å². The molecule has 0 bridgehead atoms. The van der Waals surface area contributed by atoms with Gasteiger partial charge in [0.2, 0.25) is 5.95 Å². The second kappa shape index (κ2) is 13.0. The van der Waals surface area contributed by atoms with Crippen LogP contribution in [-0.2, 0) is 0 Å². The van der Waals surface area contributed by atoms with Crippen LogP contribution in [-0.4, -0.2) is 29.1 Å². The van der Waals surface area contributed by atoms with Crippen LogP contribution in [0.25, 0.3) is 119 Å². The molecule has 5 heterocycles. The highest BCUT2D eigenvalue weighted by Gasteiger charge is 2.24.